The Labute approximate surface area is 147 Å². The molecule has 1 aromatic carbocycles. The quantitative estimate of drug-likeness (QED) is 0.812. The van der Waals surface area contributed by atoms with Crippen LogP contribution in [-0.2, 0) is 16.6 Å². The highest BCUT2D eigenvalue weighted by Crippen LogP contribution is 2.34. The maximum Gasteiger partial charge on any atom is 0.282 e. The van der Waals surface area contributed by atoms with E-state index < -0.39 is 10.2 Å². The van der Waals surface area contributed by atoms with Crippen molar-refractivity contribution in [3.8, 4) is 0 Å². The van der Waals surface area contributed by atoms with Gasteiger partial charge in [-0.2, -0.15) is 17.0 Å². The van der Waals surface area contributed by atoms with Crippen LogP contribution >= 0.6 is 11.6 Å². The molecule has 0 amide bonds. The van der Waals surface area contributed by atoms with E-state index in [1.807, 2.05) is 24.3 Å². The lowest BCUT2D eigenvalue weighted by Crippen LogP contribution is -2.39. The molecular formula is C16H20ClN3O3S. The third kappa shape index (κ3) is 3.35. The minimum absolute atomic E-state index is 0.350. The van der Waals surface area contributed by atoms with Crippen molar-refractivity contribution in [2.75, 3.05) is 20.6 Å². The second-order valence-corrected chi connectivity index (χ2v) is 8.49. The molecule has 6 nitrogen and oxygen atoms in total. The molecule has 130 valence electrons. The first-order valence-electron chi connectivity index (χ1n) is 7.77. The Hall–Kier alpha value is -1.41. The van der Waals surface area contributed by atoms with Crippen LogP contribution in [-0.4, -0.2) is 42.7 Å². The van der Waals surface area contributed by atoms with E-state index in [2.05, 4.69) is 4.98 Å². The molecule has 2 heterocycles. The van der Waals surface area contributed by atoms with E-state index in [9.17, 15) is 8.42 Å². The zero-order valence-electron chi connectivity index (χ0n) is 13.6. The van der Waals surface area contributed by atoms with Gasteiger partial charge in [0.25, 0.3) is 10.2 Å². The van der Waals surface area contributed by atoms with E-state index in [1.54, 1.807) is 6.20 Å². The predicted molar refractivity (Wildman–Crippen MR) is 92.0 cm³/mol. The molecule has 24 heavy (non-hydrogen) atoms. The fourth-order valence-corrected chi connectivity index (χ4v) is 4.36. The second-order valence-electron chi connectivity index (χ2n) is 5.99. The summed E-state index contributed by atoms with van der Waals surface area (Å²) in [5, 5.41) is 0.674. The van der Waals surface area contributed by atoms with Crippen molar-refractivity contribution in [1.29, 1.82) is 0 Å². The number of hydrogen-bond donors (Lipinski definition) is 0. The number of oxazole rings is 1. The first-order chi connectivity index (χ1) is 11.4. The fourth-order valence-electron chi connectivity index (χ4n) is 2.86. The zero-order valence-corrected chi connectivity index (χ0v) is 15.2. The van der Waals surface area contributed by atoms with Gasteiger partial charge in [-0.25, -0.2) is 4.98 Å². The van der Waals surface area contributed by atoms with Gasteiger partial charge in [0.1, 0.15) is 11.8 Å². The molecule has 1 aromatic heterocycles. The summed E-state index contributed by atoms with van der Waals surface area (Å²) < 4.78 is 33.4. The molecule has 0 spiro atoms. The minimum atomic E-state index is -3.48. The molecule has 3 rings (SSSR count). The van der Waals surface area contributed by atoms with E-state index in [0.717, 1.165) is 12.0 Å². The Morgan fingerprint density at radius 1 is 1.38 bits per heavy atom. The molecule has 0 bridgehead atoms. The Bertz CT molecular complexity index is 819. The fraction of sp³-hybridized carbons (Fsp3) is 0.438. The van der Waals surface area contributed by atoms with E-state index in [1.165, 1.54) is 22.7 Å². The summed E-state index contributed by atoms with van der Waals surface area (Å²) in [6, 6.07) is 7.21. The predicted octanol–water partition coefficient (Wildman–Crippen LogP) is 2.86. The monoisotopic (exact) mass is 369 g/mol. The van der Waals surface area contributed by atoms with Crippen LogP contribution in [0.2, 0.25) is 5.02 Å². The number of halogens is 1. The lowest BCUT2D eigenvalue weighted by Gasteiger charge is -2.25. The molecule has 0 radical (unpaired) electrons. The first-order valence-corrected chi connectivity index (χ1v) is 9.54. The molecule has 8 heteroatoms. The van der Waals surface area contributed by atoms with Gasteiger partial charge in [-0.1, -0.05) is 29.8 Å². The summed E-state index contributed by atoms with van der Waals surface area (Å²) >= 11 is 6.17. The number of rotatable bonds is 5. The van der Waals surface area contributed by atoms with Crippen molar-refractivity contribution < 1.29 is 12.8 Å². The van der Waals surface area contributed by atoms with Crippen LogP contribution in [0.1, 0.15) is 36.1 Å². The van der Waals surface area contributed by atoms with Crippen molar-refractivity contribution in [2.45, 2.75) is 25.3 Å². The summed E-state index contributed by atoms with van der Waals surface area (Å²) in [5.74, 6) is 1.12. The van der Waals surface area contributed by atoms with E-state index >= 15 is 0 Å². The maximum atomic E-state index is 12.4. The maximum absolute atomic E-state index is 12.4. The van der Waals surface area contributed by atoms with Gasteiger partial charge in [-0.3, -0.25) is 0 Å². The SMILES string of the molecule is CN(C)S(=O)(=O)N1CCCC1c1ncc(Cc2ccccc2Cl)o1. The molecule has 1 aliphatic heterocycles. The van der Waals surface area contributed by atoms with Gasteiger partial charge < -0.3 is 4.42 Å². The van der Waals surface area contributed by atoms with Crippen LogP contribution < -0.4 is 0 Å². The molecule has 0 N–H and O–H groups in total. The largest absolute Gasteiger partial charge is 0.444 e. The van der Waals surface area contributed by atoms with Crippen molar-refractivity contribution in [1.82, 2.24) is 13.6 Å². The summed E-state index contributed by atoms with van der Waals surface area (Å²) in [6.45, 7) is 0.480. The Kier molecular flexibility index (Phi) is 4.96. The Morgan fingerprint density at radius 3 is 2.83 bits per heavy atom. The summed E-state index contributed by atoms with van der Waals surface area (Å²) in [7, 11) is -0.423. The highest BCUT2D eigenvalue weighted by Gasteiger charge is 2.39. The molecule has 0 saturated carbocycles. The van der Waals surface area contributed by atoms with Gasteiger partial charge >= 0.3 is 0 Å². The normalized spacial score (nSPS) is 19.2. The van der Waals surface area contributed by atoms with Crippen molar-refractivity contribution >= 4 is 21.8 Å². The third-order valence-corrected chi connectivity index (χ3v) is 6.46. The van der Waals surface area contributed by atoms with Gasteiger partial charge in [0, 0.05) is 32.1 Å². The number of benzene rings is 1. The molecule has 1 atom stereocenters. The molecule has 1 fully saturated rings. The van der Waals surface area contributed by atoms with E-state index in [0.29, 0.717) is 36.1 Å². The molecular weight excluding hydrogens is 350 g/mol. The van der Waals surface area contributed by atoms with Crippen LogP contribution in [0.25, 0.3) is 0 Å². The van der Waals surface area contributed by atoms with Gasteiger partial charge in [0.2, 0.25) is 5.89 Å². The molecule has 1 saturated heterocycles. The molecule has 2 aromatic rings. The average molecular weight is 370 g/mol. The average Bonchev–Trinajstić information content (AvgIpc) is 3.18. The lowest BCUT2D eigenvalue weighted by molar-refractivity contribution is 0.306. The number of hydrogen-bond acceptors (Lipinski definition) is 4. The first kappa shape index (κ1) is 17.4. The standard InChI is InChI=1S/C16H20ClN3O3S/c1-19(2)24(21,22)20-9-5-8-15(20)16-18-11-13(23-16)10-12-6-3-4-7-14(12)17/h3-4,6-7,11,15H,5,8-10H2,1-2H3. The van der Waals surface area contributed by atoms with Crippen molar-refractivity contribution in [3.63, 3.8) is 0 Å². The molecule has 0 aliphatic carbocycles. The number of nitrogens with zero attached hydrogens (tertiary/aromatic N) is 3. The Balaban J connectivity index is 1.81. The van der Waals surface area contributed by atoms with Crippen LogP contribution in [0.4, 0.5) is 0 Å². The molecule has 1 aliphatic rings. The highest BCUT2D eigenvalue weighted by atomic mass is 35.5. The van der Waals surface area contributed by atoms with Crippen LogP contribution in [0.5, 0.6) is 0 Å². The molecule has 1 unspecified atom stereocenters. The topological polar surface area (TPSA) is 66.7 Å². The van der Waals surface area contributed by atoms with Crippen LogP contribution in [0.3, 0.4) is 0 Å². The Morgan fingerprint density at radius 2 is 2.12 bits per heavy atom. The van der Waals surface area contributed by atoms with Gasteiger partial charge in [0.15, 0.2) is 0 Å². The van der Waals surface area contributed by atoms with E-state index in [-0.39, 0.29) is 6.04 Å². The minimum Gasteiger partial charge on any atom is -0.444 e. The van der Waals surface area contributed by atoms with Gasteiger partial charge in [0.05, 0.1) is 6.20 Å². The summed E-state index contributed by atoms with van der Waals surface area (Å²) in [6.07, 6.45) is 3.68. The van der Waals surface area contributed by atoms with Crippen LogP contribution in [0.15, 0.2) is 34.9 Å². The van der Waals surface area contributed by atoms with Crippen LogP contribution in [0, 0.1) is 0 Å². The van der Waals surface area contributed by atoms with Gasteiger partial charge in [-0.15, -0.1) is 0 Å². The van der Waals surface area contributed by atoms with Crippen molar-refractivity contribution in [2.24, 2.45) is 0 Å². The van der Waals surface area contributed by atoms with Gasteiger partial charge in [-0.05, 0) is 24.5 Å². The lowest BCUT2D eigenvalue weighted by atomic mass is 10.1. The van der Waals surface area contributed by atoms with E-state index in [4.69, 9.17) is 16.0 Å². The number of aromatic nitrogens is 1. The zero-order chi connectivity index (χ0) is 17.3. The third-order valence-electron chi connectivity index (χ3n) is 4.14. The smallest absolute Gasteiger partial charge is 0.282 e. The highest BCUT2D eigenvalue weighted by molar-refractivity contribution is 7.86. The summed E-state index contributed by atoms with van der Waals surface area (Å²) in [4.78, 5) is 4.31. The summed E-state index contributed by atoms with van der Waals surface area (Å²) in [5.41, 5.74) is 0.950. The second kappa shape index (κ2) is 6.84. The van der Waals surface area contributed by atoms with Crippen molar-refractivity contribution in [3.05, 3.63) is 52.7 Å².